The Labute approximate surface area is 140 Å². The summed E-state index contributed by atoms with van der Waals surface area (Å²) < 4.78 is 27.1. The molecule has 1 atom stereocenters. The van der Waals surface area contributed by atoms with Crippen LogP contribution in [0.1, 0.15) is 5.56 Å². The number of carbonyl (C=O) groups is 1. The maximum absolute atomic E-state index is 12.3. The molecule has 0 aromatic heterocycles. The molecule has 0 radical (unpaired) electrons. The smallest absolute Gasteiger partial charge is 0.261 e. The predicted molar refractivity (Wildman–Crippen MR) is 92.1 cm³/mol. The van der Waals surface area contributed by atoms with Crippen molar-refractivity contribution in [2.45, 2.75) is 17.9 Å². The van der Waals surface area contributed by atoms with Crippen molar-refractivity contribution in [3.05, 3.63) is 54.1 Å². The number of carbonyl (C=O) groups excluding carboxylic acids is 1. The van der Waals surface area contributed by atoms with Gasteiger partial charge in [-0.15, -0.1) is 0 Å². The number of anilines is 2. The summed E-state index contributed by atoms with van der Waals surface area (Å²) in [6.45, 7) is 1.28. The van der Waals surface area contributed by atoms with E-state index in [-0.39, 0.29) is 4.90 Å². The first-order valence-corrected chi connectivity index (χ1v) is 8.67. The number of aryl methyl sites for hydroxylation is 1. The van der Waals surface area contributed by atoms with Crippen LogP contribution in [0.15, 0.2) is 53.4 Å². The van der Waals surface area contributed by atoms with Crippen molar-refractivity contribution in [1.29, 1.82) is 0 Å². The molecule has 0 heterocycles. The normalized spacial score (nSPS) is 12.5. The molecule has 0 aliphatic rings. The van der Waals surface area contributed by atoms with Crippen molar-refractivity contribution in [2.75, 3.05) is 16.6 Å². The van der Waals surface area contributed by atoms with Gasteiger partial charge >= 0.3 is 0 Å². The zero-order valence-electron chi connectivity index (χ0n) is 13.1. The molecule has 0 spiro atoms. The van der Waals surface area contributed by atoms with E-state index in [9.17, 15) is 13.2 Å². The summed E-state index contributed by atoms with van der Waals surface area (Å²) in [6, 6.07) is 11.7. The van der Waals surface area contributed by atoms with E-state index in [4.69, 9.17) is 10.8 Å². The molecule has 8 heteroatoms. The number of benzene rings is 2. The zero-order valence-corrected chi connectivity index (χ0v) is 13.9. The summed E-state index contributed by atoms with van der Waals surface area (Å²) in [7, 11) is -3.72. The maximum atomic E-state index is 12.3. The number of aliphatic hydroxyl groups excluding tert-OH is 1. The number of rotatable bonds is 6. The molecule has 128 valence electrons. The fourth-order valence-electron chi connectivity index (χ4n) is 1.94. The SMILES string of the molecule is Cc1ccc(NS(=O)(=O)c2ccccc2)cc1NC(=O)[C@@H](N)CO. The van der Waals surface area contributed by atoms with E-state index in [1.807, 2.05) is 0 Å². The predicted octanol–water partition coefficient (Wildman–Crippen LogP) is 1.05. The van der Waals surface area contributed by atoms with E-state index in [1.54, 1.807) is 37.3 Å². The van der Waals surface area contributed by atoms with Crippen molar-refractivity contribution in [1.82, 2.24) is 0 Å². The second-order valence-corrected chi connectivity index (χ2v) is 6.91. The lowest BCUT2D eigenvalue weighted by atomic mass is 10.1. The number of amides is 1. The maximum Gasteiger partial charge on any atom is 0.261 e. The van der Waals surface area contributed by atoms with Crippen molar-refractivity contribution in [2.24, 2.45) is 5.73 Å². The lowest BCUT2D eigenvalue weighted by Crippen LogP contribution is -2.38. The highest BCUT2D eigenvalue weighted by molar-refractivity contribution is 7.92. The molecule has 0 aliphatic heterocycles. The second kappa shape index (κ2) is 7.43. The molecule has 0 fully saturated rings. The van der Waals surface area contributed by atoms with Crippen LogP contribution in [0, 0.1) is 6.92 Å². The van der Waals surface area contributed by atoms with E-state index >= 15 is 0 Å². The van der Waals surface area contributed by atoms with Crippen LogP contribution in [0.4, 0.5) is 11.4 Å². The van der Waals surface area contributed by atoms with Crippen LogP contribution in [0.2, 0.25) is 0 Å². The fraction of sp³-hybridized carbons (Fsp3) is 0.188. The quantitative estimate of drug-likeness (QED) is 0.621. The average molecular weight is 349 g/mol. The second-order valence-electron chi connectivity index (χ2n) is 5.23. The summed E-state index contributed by atoms with van der Waals surface area (Å²) in [5.41, 5.74) is 6.91. The highest BCUT2D eigenvalue weighted by atomic mass is 32.2. The van der Waals surface area contributed by atoms with Gasteiger partial charge in [0.15, 0.2) is 0 Å². The summed E-state index contributed by atoms with van der Waals surface area (Å²) in [4.78, 5) is 11.9. The molecule has 5 N–H and O–H groups in total. The van der Waals surface area contributed by atoms with Gasteiger partial charge in [0.2, 0.25) is 5.91 Å². The Balaban J connectivity index is 2.24. The molecule has 0 saturated carbocycles. The monoisotopic (exact) mass is 349 g/mol. The van der Waals surface area contributed by atoms with Gasteiger partial charge in [0.05, 0.1) is 17.2 Å². The summed E-state index contributed by atoms with van der Waals surface area (Å²) in [6.07, 6.45) is 0. The summed E-state index contributed by atoms with van der Waals surface area (Å²) in [5.74, 6) is -0.552. The molecule has 0 bridgehead atoms. The minimum absolute atomic E-state index is 0.137. The average Bonchev–Trinajstić information content (AvgIpc) is 2.57. The van der Waals surface area contributed by atoms with E-state index < -0.39 is 28.6 Å². The van der Waals surface area contributed by atoms with Gasteiger partial charge in [-0.2, -0.15) is 0 Å². The third-order valence-electron chi connectivity index (χ3n) is 3.33. The number of nitrogens with one attached hydrogen (secondary N) is 2. The highest BCUT2D eigenvalue weighted by Crippen LogP contribution is 2.23. The van der Waals surface area contributed by atoms with Gasteiger partial charge in [-0.1, -0.05) is 24.3 Å². The minimum Gasteiger partial charge on any atom is -0.394 e. The Morgan fingerprint density at radius 1 is 1.21 bits per heavy atom. The Morgan fingerprint density at radius 2 is 1.88 bits per heavy atom. The van der Waals surface area contributed by atoms with Crippen molar-refractivity contribution in [3.8, 4) is 0 Å². The van der Waals surface area contributed by atoms with Crippen molar-refractivity contribution in [3.63, 3.8) is 0 Å². The molecule has 1 amide bonds. The van der Waals surface area contributed by atoms with Crippen LogP contribution >= 0.6 is 0 Å². The molecular weight excluding hydrogens is 330 g/mol. The van der Waals surface area contributed by atoms with Gasteiger partial charge in [-0.05, 0) is 36.8 Å². The standard InChI is InChI=1S/C16H19N3O4S/c1-11-7-8-12(9-15(11)18-16(21)14(17)10-20)19-24(22,23)13-5-3-2-4-6-13/h2-9,14,19-20H,10,17H2,1H3,(H,18,21)/t14-/m0/s1. The van der Waals surface area contributed by atoms with Crippen LogP contribution in [0.3, 0.4) is 0 Å². The van der Waals surface area contributed by atoms with Gasteiger partial charge in [0.1, 0.15) is 6.04 Å². The third kappa shape index (κ3) is 4.31. The van der Waals surface area contributed by atoms with E-state index in [0.717, 1.165) is 5.56 Å². The van der Waals surface area contributed by atoms with Gasteiger partial charge in [-0.3, -0.25) is 9.52 Å². The van der Waals surface area contributed by atoms with E-state index in [0.29, 0.717) is 11.4 Å². The highest BCUT2D eigenvalue weighted by Gasteiger charge is 2.16. The van der Waals surface area contributed by atoms with Crippen LogP contribution < -0.4 is 15.8 Å². The Hall–Kier alpha value is -2.42. The zero-order chi connectivity index (χ0) is 17.7. The number of sulfonamides is 1. The van der Waals surface area contributed by atoms with Gasteiger partial charge in [-0.25, -0.2) is 8.42 Å². The van der Waals surface area contributed by atoms with E-state index in [2.05, 4.69) is 10.0 Å². The largest absolute Gasteiger partial charge is 0.394 e. The molecule has 24 heavy (non-hydrogen) atoms. The lowest BCUT2D eigenvalue weighted by molar-refractivity contribution is -0.118. The molecule has 0 saturated heterocycles. The number of hydrogen-bond donors (Lipinski definition) is 4. The third-order valence-corrected chi connectivity index (χ3v) is 4.73. The number of hydrogen-bond acceptors (Lipinski definition) is 5. The van der Waals surface area contributed by atoms with Crippen LogP contribution in [-0.2, 0) is 14.8 Å². The van der Waals surface area contributed by atoms with Gasteiger partial charge in [0, 0.05) is 5.69 Å². The lowest BCUT2D eigenvalue weighted by Gasteiger charge is -2.14. The minimum atomic E-state index is -3.72. The number of aliphatic hydroxyl groups is 1. The molecule has 2 rings (SSSR count). The van der Waals surface area contributed by atoms with E-state index in [1.165, 1.54) is 18.2 Å². The summed E-state index contributed by atoms with van der Waals surface area (Å²) in [5, 5.41) is 11.5. The Morgan fingerprint density at radius 3 is 2.50 bits per heavy atom. The van der Waals surface area contributed by atoms with Gasteiger partial charge in [0.25, 0.3) is 10.0 Å². The Kier molecular flexibility index (Phi) is 5.55. The first kappa shape index (κ1) is 17.9. The topological polar surface area (TPSA) is 122 Å². The van der Waals surface area contributed by atoms with Crippen molar-refractivity contribution < 1.29 is 18.3 Å². The van der Waals surface area contributed by atoms with Crippen LogP contribution in [0.5, 0.6) is 0 Å². The summed E-state index contributed by atoms with van der Waals surface area (Å²) >= 11 is 0. The molecule has 2 aromatic carbocycles. The molecular formula is C16H19N3O4S. The molecule has 0 unspecified atom stereocenters. The van der Waals surface area contributed by atoms with Crippen LogP contribution in [-0.4, -0.2) is 32.1 Å². The number of nitrogens with two attached hydrogens (primary N) is 1. The molecule has 2 aromatic rings. The fourth-order valence-corrected chi connectivity index (χ4v) is 3.01. The van der Waals surface area contributed by atoms with Gasteiger partial charge < -0.3 is 16.2 Å². The first-order chi connectivity index (χ1) is 11.3. The molecule has 0 aliphatic carbocycles. The van der Waals surface area contributed by atoms with Crippen LogP contribution in [0.25, 0.3) is 0 Å². The Bertz CT molecular complexity index is 822. The molecule has 7 nitrogen and oxygen atoms in total. The first-order valence-electron chi connectivity index (χ1n) is 7.19. The van der Waals surface area contributed by atoms with Crippen molar-refractivity contribution >= 4 is 27.3 Å².